The molecule has 5 heteroatoms. The Morgan fingerprint density at radius 3 is 2.53 bits per heavy atom. The molecule has 0 radical (unpaired) electrons. The van der Waals surface area contributed by atoms with E-state index >= 15 is 0 Å². The first-order valence-corrected chi connectivity index (χ1v) is 5.47. The maximum absolute atomic E-state index is 9.31. The minimum atomic E-state index is -0.861. The Morgan fingerprint density at radius 2 is 2.07 bits per heavy atom. The topological polar surface area (TPSA) is 71.0 Å². The van der Waals surface area contributed by atoms with Gasteiger partial charge in [0.05, 0.1) is 25.4 Å². The van der Waals surface area contributed by atoms with Crippen LogP contribution in [0.5, 0.6) is 0 Å². The summed E-state index contributed by atoms with van der Waals surface area (Å²) in [4.78, 5) is 0. The van der Waals surface area contributed by atoms with Gasteiger partial charge in [-0.05, 0) is 13.5 Å². The molecule has 5 unspecified atom stereocenters. The summed E-state index contributed by atoms with van der Waals surface area (Å²) >= 11 is 0. The molecule has 0 saturated carbocycles. The van der Waals surface area contributed by atoms with Crippen molar-refractivity contribution in [2.45, 2.75) is 37.4 Å². The van der Waals surface area contributed by atoms with Gasteiger partial charge >= 0.3 is 0 Å². The Morgan fingerprint density at radius 1 is 1.33 bits per heavy atom. The van der Waals surface area contributed by atoms with Gasteiger partial charge in [-0.1, -0.05) is 6.92 Å². The van der Waals surface area contributed by atoms with E-state index in [9.17, 15) is 10.2 Å². The average Bonchev–Trinajstić information content (AvgIpc) is 2.27. The molecule has 5 atom stereocenters. The Bertz CT molecular complexity index is 231. The number of likely N-dealkylation sites (N-methyl/N-ethyl adjacent to an activating group) is 1. The summed E-state index contributed by atoms with van der Waals surface area (Å²) in [5, 5.41) is 21.6. The Labute approximate surface area is 89.4 Å². The van der Waals surface area contributed by atoms with Gasteiger partial charge in [0.15, 0.2) is 5.79 Å². The lowest BCUT2D eigenvalue weighted by atomic mass is 9.75. The van der Waals surface area contributed by atoms with Crippen molar-refractivity contribution in [1.82, 2.24) is 5.32 Å². The van der Waals surface area contributed by atoms with Crippen molar-refractivity contribution in [1.29, 1.82) is 0 Å². The monoisotopic (exact) mass is 217 g/mol. The largest absolute Gasteiger partial charge is 0.394 e. The molecule has 3 aliphatic heterocycles. The van der Waals surface area contributed by atoms with Crippen molar-refractivity contribution < 1.29 is 19.7 Å². The van der Waals surface area contributed by atoms with Crippen LogP contribution in [0.3, 0.4) is 0 Å². The zero-order valence-corrected chi connectivity index (χ0v) is 9.14. The zero-order chi connectivity index (χ0) is 11.1. The van der Waals surface area contributed by atoms with Crippen LogP contribution in [0.15, 0.2) is 0 Å². The molecule has 5 nitrogen and oxygen atoms in total. The Kier molecular flexibility index (Phi) is 3.00. The highest BCUT2D eigenvalue weighted by Crippen LogP contribution is 2.49. The van der Waals surface area contributed by atoms with Gasteiger partial charge in [0.2, 0.25) is 0 Å². The van der Waals surface area contributed by atoms with E-state index in [2.05, 4.69) is 12.2 Å². The summed E-state index contributed by atoms with van der Waals surface area (Å²) in [6.07, 6.45) is 0.656. The van der Waals surface area contributed by atoms with Crippen LogP contribution in [-0.2, 0) is 9.47 Å². The molecular weight excluding hydrogens is 198 g/mol. The van der Waals surface area contributed by atoms with Gasteiger partial charge in [-0.25, -0.2) is 0 Å². The molecule has 0 aromatic carbocycles. The molecule has 0 aromatic heterocycles. The third kappa shape index (κ3) is 1.42. The number of hydrogen-bond donors (Lipinski definition) is 3. The van der Waals surface area contributed by atoms with Gasteiger partial charge in [0, 0.05) is 5.92 Å². The number of rotatable bonds is 4. The first kappa shape index (κ1) is 11.3. The third-order valence-corrected chi connectivity index (χ3v) is 3.58. The predicted octanol–water partition coefficient (Wildman–Crippen LogP) is -0.921. The molecule has 0 aromatic rings. The summed E-state index contributed by atoms with van der Waals surface area (Å²) in [7, 11) is 1.83. The first-order valence-electron chi connectivity index (χ1n) is 5.47. The molecule has 0 spiro atoms. The lowest BCUT2D eigenvalue weighted by molar-refractivity contribution is -0.451. The molecule has 0 aliphatic carbocycles. The van der Waals surface area contributed by atoms with E-state index in [-0.39, 0.29) is 37.4 Å². The van der Waals surface area contributed by atoms with Crippen LogP contribution in [0, 0.1) is 5.92 Å². The minimum Gasteiger partial charge on any atom is -0.394 e. The van der Waals surface area contributed by atoms with Crippen LogP contribution in [0.1, 0.15) is 13.3 Å². The smallest absolute Gasteiger partial charge is 0.197 e. The molecule has 88 valence electrons. The maximum Gasteiger partial charge on any atom is 0.197 e. The molecular formula is C10H19NO4. The van der Waals surface area contributed by atoms with Crippen LogP contribution < -0.4 is 5.32 Å². The quantitative estimate of drug-likeness (QED) is 0.568. The summed E-state index contributed by atoms with van der Waals surface area (Å²) in [6.45, 7) is 1.86. The van der Waals surface area contributed by atoms with E-state index < -0.39 is 5.79 Å². The summed E-state index contributed by atoms with van der Waals surface area (Å²) in [5.74, 6) is -0.650. The number of fused-ring (bicyclic) bond motifs is 2. The third-order valence-electron chi connectivity index (χ3n) is 3.58. The van der Waals surface area contributed by atoms with E-state index in [1.54, 1.807) is 0 Å². The van der Waals surface area contributed by atoms with Gasteiger partial charge in [-0.3, -0.25) is 0 Å². The number of ether oxygens (including phenoxy) is 2. The van der Waals surface area contributed by atoms with Gasteiger partial charge in [0.25, 0.3) is 0 Å². The average molecular weight is 217 g/mol. The summed E-state index contributed by atoms with van der Waals surface area (Å²) in [6, 6.07) is 0.00775. The highest BCUT2D eigenvalue weighted by Gasteiger charge is 2.64. The first-order chi connectivity index (χ1) is 7.22. The van der Waals surface area contributed by atoms with Crippen LogP contribution in [-0.4, -0.2) is 54.5 Å². The molecule has 3 heterocycles. The molecule has 3 fully saturated rings. The van der Waals surface area contributed by atoms with Crippen molar-refractivity contribution in [3.05, 3.63) is 0 Å². The lowest BCUT2D eigenvalue weighted by Gasteiger charge is -2.62. The molecule has 2 bridgehead atoms. The molecule has 15 heavy (non-hydrogen) atoms. The number of nitrogens with one attached hydrogen (secondary N) is 1. The van der Waals surface area contributed by atoms with E-state index in [1.165, 1.54) is 0 Å². The molecule has 3 aliphatic rings. The predicted molar refractivity (Wildman–Crippen MR) is 53.3 cm³/mol. The molecule has 0 amide bonds. The second-order valence-corrected chi connectivity index (χ2v) is 4.22. The summed E-state index contributed by atoms with van der Waals surface area (Å²) in [5.41, 5.74) is 0. The Hall–Kier alpha value is -0.200. The minimum absolute atomic E-state index is 0.00775. The second kappa shape index (κ2) is 3.99. The van der Waals surface area contributed by atoms with E-state index in [4.69, 9.17) is 9.47 Å². The fraction of sp³-hybridized carbons (Fsp3) is 1.00. The van der Waals surface area contributed by atoms with Crippen LogP contribution >= 0.6 is 0 Å². The molecule has 3 N–H and O–H groups in total. The van der Waals surface area contributed by atoms with E-state index in [0.29, 0.717) is 0 Å². The van der Waals surface area contributed by atoms with Gasteiger partial charge in [-0.15, -0.1) is 0 Å². The van der Waals surface area contributed by atoms with Crippen molar-refractivity contribution in [3.8, 4) is 0 Å². The van der Waals surface area contributed by atoms with Crippen LogP contribution in [0.25, 0.3) is 0 Å². The highest BCUT2D eigenvalue weighted by atomic mass is 16.8. The van der Waals surface area contributed by atoms with Crippen molar-refractivity contribution in [2.75, 3.05) is 20.3 Å². The number of aliphatic hydroxyl groups excluding tert-OH is 2. The maximum atomic E-state index is 9.31. The number of aliphatic hydroxyl groups is 2. The second-order valence-electron chi connectivity index (χ2n) is 4.22. The van der Waals surface area contributed by atoms with E-state index in [0.717, 1.165) is 6.42 Å². The molecule has 3 saturated heterocycles. The zero-order valence-electron chi connectivity index (χ0n) is 9.14. The normalized spacial score (nSPS) is 48.8. The van der Waals surface area contributed by atoms with Gasteiger partial charge < -0.3 is 25.0 Å². The number of hydrogen-bond acceptors (Lipinski definition) is 5. The van der Waals surface area contributed by atoms with Gasteiger partial charge in [-0.2, -0.15) is 0 Å². The molecule has 3 rings (SSSR count). The fourth-order valence-corrected chi connectivity index (χ4v) is 2.79. The standard InChI is InChI=1S/C10H19NO4/c1-3-6-9-8(11-2)7(4-12)14-10(6,5-13)15-9/h6-9,11-13H,3-5H2,1-2H3. The van der Waals surface area contributed by atoms with Crippen LogP contribution in [0.2, 0.25) is 0 Å². The van der Waals surface area contributed by atoms with Crippen molar-refractivity contribution in [3.63, 3.8) is 0 Å². The van der Waals surface area contributed by atoms with E-state index in [1.807, 2.05) is 7.05 Å². The SMILES string of the molecule is CCC1C2OC1(CO)OC(CO)C2NC. The summed E-state index contributed by atoms with van der Waals surface area (Å²) < 4.78 is 11.3. The van der Waals surface area contributed by atoms with Crippen LogP contribution in [0.4, 0.5) is 0 Å². The highest BCUT2D eigenvalue weighted by molar-refractivity contribution is 5.07. The fourth-order valence-electron chi connectivity index (χ4n) is 2.79. The lowest BCUT2D eigenvalue weighted by Crippen LogP contribution is -2.77. The van der Waals surface area contributed by atoms with Crippen molar-refractivity contribution >= 4 is 0 Å². The van der Waals surface area contributed by atoms with Gasteiger partial charge in [0.1, 0.15) is 6.10 Å². The van der Waals surface area contributed by atoms with Crippen molar-refractivity contribution in [2.24, 2.45) is 5.92 Å². The Balaban J connectivity index is 2.15.